The van der Waals surface area contributed by atoms with E-state index in [1.165, 1.54) is 12.3 Å². The van der Waals surface area contributed by atoms with E-state index in [1.807, 2.05) is 0 Å². The van der Waals surface area contributed by atoms with Crippen molar-refractivity contribution in [2.45, 2.75) is 19.3 Å². The van der Waals surface area contributed by atoms with Gasteiger partial charge in [-0.1, -0.05) is 6.08 Å². The lowest BCUT2D eigenvalue weighted by atomic mass is 10.1. The number of allylic oxidation sites excluding steroid dienone is 2. The summed E-state index contributed by atoms with van der Waals surface area (Å²) in [5, 5.41) is 10.9. The lowest BCUT2D eigenvalue weighted by molar-refractivity contribution is -0.385. The van der Waals surface area contributed by atoms with E-state index in [4.69, 9.17) is 0 Å². The maximum Gasteiger partial charge on any atom is 0.288 e. The number of nitrogens with one attached hydrogen (secondary N) is 1. The number of rotatable bonds is 2. The molecule has 0 atom stereocenters. The summed E-state index contributed by atoms with van der Waals surface area (Å²) >= 11 is 0. The molecule has 0 bridgehead atoms. The van der Waals surface area contributed by atoms with Gasteiger partial charge in [0.15, 0.2) is 0 Å². The van der Waals surface area contributed by atoms with Gasteiger partial charge in [-0.15, -0.1) is 0 Å². The number of aromatic amines is 1. The Morgan fingerprint density at radius 1 is 1.37 bits per heavy atom. The van der Waals surface area contributed by atoms with Gasteiger partial charge in [-0.2, -0.15) is 0 Å². The Morgan fingerprint density at radius 3 is 2.89 bits per heavy atom. The smallest absolute Gasteiger partial charge is 0.288 e. The Kier molecular flexibility index (Phi) is 2.63. The monoisotopic (exact) mass is 257 g/mol. The fourth-order valence-corrected chi connectivity index (χ4v) is 2.31. The number of H-pyrrole nitrogens is 1. The highest BCUT2D eigenvalue weighted by atomic mass is 16.6. The first-order valence-electron chi connectivity index (χ1n) is 6.02. The highest BCUT2D eigenvalue weighted by Crippen LogP contribution is 2.27. The van der Waals surface area contributed by atoms with Gasteiger partial charge < -0.3 is 4.98 Å². The molecule has 3 rings (SSSR count). The molecule has 2 heterocycles. The summed E-state index contributed by atoms with van der Waals surface area (Å²) in [5.41, 5.74) is 1.84. The van der Waals surface area contributed by atoms with Crippen LogP contribution >= 0.6 is 0 Å². The van der Waals surface area contributed by atoms with E-state index in [9.17, 15) is 14.9 Å². The molecule has 1 aliphatic rings. The molecule has 96 valence electrons. The Hall–Kier alpha value is -2.50. The number of aromatic nitrogens is 2. The molecular formula is C13H11N3O3. The molecule has 0 unspecified atom stereocenters. The molecule has 0 saturated heterocycles. The van der Waals surface area contributed by atoms with E-state index in [2.05, 4.69) is 16.0 Å². The molecule has 0 radical (unpaired) electrons. The Morgan fingerprint density at radius 2 is 2.21 bits per heavy atom. The molecule has 19 heavy (non-hydrogen) atoms. The molecule has 2 aromatic rings. The van der Waals surface area contributed by atoms with Gasteiger partial charge in [0.05, 0.1) is 15.8 Å². The van der Waals surface area contributed by atoms with Crippen molar-refractivity contribution in [2.75, 3.05) is 0 Å². The molecule has 0 spiro atoms. The third kappa shape index (κ3) is 2.01. The normalized spacial score (nSPS) is 14.6. The van der Waals surface area contributed by atoms with Gasteiger partial charge in [-0.05, 0) is 30.9 Å². The van der Waals surface area contributed by atoms with Gasteiger partial charge in [-0.3, -0.25) is 14.9 Å². The second kappa shape index (κ2) is 4.31. The van der Waals surface area contributed by atoms with Crippen molar-refractivity contribution < 1.29 is 4.92 Å². The standard InChI is InChI=1S/C13H11N3O3/c17-13-10-5-9(16(18)19)7-14-12(10)6-11(15-13)8-3-1-2-4-8/h3,5-7H,1-2,4H2,(H,15,17). The van der Waals surface area contributed by atoms with Crippen LogP contribution in [0.4, 0.5) is 5.69 Å². The third-order valence-electron chi connectivity index (χ3n) is 3.28. The largest absolute Gasteiger partial charge is 0.322 e. The minimum absolute atomic E-state index is 0.175. The maximum atomic E-state index is 12.0. The maximum absolute atomic E-state index is 12.0. The first-order valence-corrected chi connectivity index (χ1v) is 6.02. The minimum Gasteiger partial charge on any atom is -0.322 e. The average Bonchev–Trinajstić information content (AvgIpc) is 2.92. The highest BCUT2D eigenvalue weighted by molar-refractivity contribution is 5.82. The van der Waals surface area contributed by atoms with Crippen molar-refractivity contribution >= 4 is 22.2 Å². The van der Waals surface area contributed by atoms with Crippen LogP contribution in [0.2, 0.25) is 0 Å². The fourth-order valence-electron chi connectivity index (χ4n) is 2.31. The van der Waals surface area contributed by atoms with Gasteiger partial charge >= 0.3 is 0 Å². The Labute approximate surface area is 107 Å². The molecule has 6 heteroatoms. The minimum atomic E-state index is -0.556. The number of nitro groups is 1. The molecule has 0 amide bonds. The van der Waals surface area contributed by atoms with Crippen molar-refractivity contribution in [3.8, 4) is 0 Å². The highest BCUT2D eigenvalue weighted by Gasteiger charge is 2.13. The third-order valence-corrected chi connectivity index (χ3v) is 3.28. The summed E-state index contributed by atoms with van der Waals surface area (Å²) in [4.78, 5) is 28.9. The number of hydrogen-bond acceptors (Lipinski definition) is 4. The predicted octanol–water partition coefficient (Wildman–Crippen LogP) is 2.40. The average molecular weight is 257 g/mol. The topological polar surface area (TPSA) is 88.9 Å². The van der Waals surface area contributed by atoms with Crippen LogP contribution < -0.4 is 5.56 Å². The second-order valence-electron chi connectivity index (χ2n) is 4.52. The molecule has 1 N–H and O–H groups in total. The van der Waals surface area contributed by atoms with Crippen LogP contribution in [-0.4, -0.2) is 14.9 Å². The summed E-state index contributed by atoms with van der Waals surface area (Å²) < 4.78 is 0. The van der Waals surface area contributed by atoms with Crippen LogP contribution in [0.15, 0.2) is 29.2 Å². The summed E-state index contributed by atoms with van der Waals surface area (Å²) in [6.07, 6.45) is 6.32. The lowest BCUT2D eigenvalue weighted by Crippen LogP contribution is -2.09. The van der Waals surface area contributed by atoms with Crippen LogP contribution in [0.5, 0.6) is 0 Å². The van der Waals surface area contributed by atoms with Crippen LogP contribution in [-0.2, 0) is 0 Å². The second-order valence-corrected chi connectivity index (χ2v) is 4.52. The Bertz CT molecular complexity index is 761. The molecular weight excluding hydrogens is 246 g/mol. The molecule has 2 aromatic heterocycles. The number of fused-ring (bicyclic) bond motifs is 1. The van der Waals surface area contributed by atoms with Gasteiger partial charge in [-0.25, -0.2) is 4.98 Å². The molecule has 0 aromatic carbocycles. The summed E-state index contributed by atoms with van der Waals surface area (Å²) in [6, 6.07) is 3.03. The number of nitrogens with zero attached hydrogens (tertiary/aromatic N) is 2. The predicted molar refractivity (Wildman–Crippen MR) is 70.8 cm³/mol. The quantitative estimate of drug-likeness (QED) is 0.660. The first kappa shape index (κ1) is 11.6. The number of hydrogen-bond donors (Lipinski definition) is 1. The Balaban J connectivity index is 2.19. The van der Waals surface area contributed by atoms with Crippen molar-refractivity contribution in [3.63, 3.8) is 0 Å². The van der Waals surface area contributed by atoms with E-state index in [1.54, 1.807) is 6.07 Å². The SMILES string of the molecule is O=c1[nH]c(C2=CCCC2)cc2ncc([N+](=O)[O-])cc12. The molecule has 6 nitrogen and oxygen atoms in total. The fraction of sp³-hybridized carbons (Fsp3) is 0.231. The van der Waals surface area contributed by atoms with E-state index < -0.39 is 4.92 Å². The lowest BCUT2D eigenvalue weighted by Gasteiger charge is -2.04. The van der Waals surface area contributed by atoms with Crippen LogP contribution in [0, 0.1) is 10.1 Å². The van der Waals surface area contributed by atoms with Gasteiger partial charge in [0.1, 0.15) is 6.20 Å². The molecule has 1 aliphatic carbocycles. The zero-order valence-corrected chi connectivity index (χ0v) is 10.0. The van der Waals surface area contributed by atoms with Crippen LogP contribution in [0.25, 0.3) is 16.5 Å². The van der Waals surface area contributed by atoms with E-state index in [-0.39, 0.29) is 16.6 Å². The zero-order chi connectivity index (χ0) is 13.4. The summed E-state index contributed by atoms with van der Waals surface area (Å²) in [6.45, 7) is 0. The van der Waals surface area contributed by atoms with Gasteiger partial charge in [0, 0.05) is 11.8 Å². The number of pyridine rings is 2. The molecule has 0 fully saturated rings. The van der Waals surface area contributed by atoms with Gasteiger partial charge in [0.2, 0.25) is 0 Å². The van der Waals surface area contributed by atoms with Gasteiger partial charge in [0.25, 0.3) is 11.2 Å². The zero-order valence-electron chi connectivity index (χ0n) is 10.0. The van der Waals surface area contributed by atoms with E-state index in [0.717, 1.165) is 30.5 Å². The summed E-state index contributed by atoms with van der Waals surface area (Å²) in [7, 11) is 0. The van der Waals surface area contributed by atoms with Crippen molar-refractivity contribution in [3.05, 3.63) is 50.6 Å². The first-order chi connectivity index (χ1) is 9.15. The molecule has 0 saturated carbocycles. The van der Waals surface area contributed by atoms with E-state index >= 15 is 0 Å². The van der Waals surface area contributed by atoms with Crippen molar-refractivity contribution in [1.29, 1.82) is 0 Å². The summed E-state index contributed by atoms with van der Waals surface area (Å²) in [5.74, 6) is 0. The van der Waals surface area contributed by atoms with Crippen LogP contribution in [0.1, 0.15) is 25.0 Å². The van der Waals surface area contributed by atoms with Crippen molar-refractivity contribution in [2.24, 2.45) is 0 Å². The van der Waals surface area contributed by atoms with Crippen LogP contribution in [0.3, 0.4) is 0 Å². The van der Waals surface area contributed by atoms with E-state index in [0.29, 0.717) is 5.52 Å². The van der Waals surface area contributed by atoms with Crippen molar-refractivity contribution in [1.82, 2.24) is 9.97 Å². The molecule has 0 aliphatic heterocycles.